The van der Waals surface area contributed by atoms with Crippen LogP contribution in [0.25, 0.3) is 0 Å². The molecular weight excluding hydrogens is 410 g/mol. The lowest BCUT2D eigenvalue weighted by molar-refractivity contribution is 0.606. The summed E-state index contributed by atoms with van der Waals surface area (Å²) in [7, 11) is 1.83. The first-order valence-corrected chi connectivity index (χ1v) is 7.29. The number of hydrogen-bond acceptors (Lipinski definition) is 3. The summed E-state index contributed by atoms with van der Waals surface area (Å²) in [5.74, 6) is 1.29. The predicted octanol–water partition coefficient (Wildman–Crippen LogP) is 1.87. The zero-order valence-corrected chi connectivity index (χ0v) is 15.6. The van der Waals surface area contributed by atoms with Crippen LogP contribution in [0.4, 0.5) is 4.39 Å². The zero-order chi connectivity index (χ0) is 15.8. The molecule has 0 amide bonds. The molecular formula is C15H22FIN6. The number of halogens is 2. The van der Waals surface area contributed by atoms with Gasteiger partial charge in [-0.05, 0) is 25.0 Å². The minimum Gasteiger partial charge on any atom is -0.357 e. The van der Waals surface area contributed by atoms with E-state index in [2.05, 4.69) is 25.7 Å². The van der Waals surface area contributed by atoms with Crippen LogP contribution < -0.4 is 10.6 Å². The van der Waals surface area contributed by atoms with Gasteiger partial charge in [0, 0.05) is 20.1 Å². The highest BCUT2D eigenvalue weighted by Gasteiger charge is 2.03. The van der Waals surface area contributed by atoms with Gasteiger partial charge in [0.2, 0.25) is 0 Å². The molecule has 1 heterocycles. The molecule has 2 aromatic rings. The Morgan fingerprint density at radius 1 is 1.30 bits per heavy atom. The van der Waals surface area contributed by atoms with Crippen molar-refractivity contribution in [3.63, 3.8) is 0 Å². The van der Waals surface area contributed by atoms with Crippen molar-refractivity contribution < 1.29 is 4.39 Å². The fourth-order valence-electron chi connectivity index (χ4n) is 1.97. The Labute approximate surface area is 152 Å². The Balaban J connectivity index is 0.00000264. The number of nitrogens with zero attached hydrogens (tertiary/aromatic N) is 4. The van der Waals surface area contributed by atoms with Gasteiger partial charge >= 0.3 is 0 Å². The molecule has 23 heavy (non-hydrogen) atoms. The molecule has 0 fully saturated rings. The van der Waals surface area contributed by atoms with Crippen LogP contribution in [-0.4, -0.2) is 33.8 Å². The first-order chi connectivity index (χ1) is 10.7. The predicted molar refractivity (Wildman–Crippen MR) is 99.3 cm³/mol. The summed E-state index contributed by atoms with van der Waals surface area (Å²) >= 11 is 0. The third-order valence-corrected chi connectivity index (χ3v) is 3.17. The van der Waals surface area contributed by atoms with Gasteiger partial charge in [-0.15, -0.1) is 24.0 Å². The molecule has 0 aliphatic heterocycles. The van der Waals surface area contributed by atoms with Gasteiger partial charge in [-0.2, -0.15) is 5.10 Å². The van der Waals surface area contributed by atoms with Crippen LogP contribution in [-0.2, 0) is 20.0 Å². The second-order valence-corrected chi connectivity index (χ2v) is 4.76. The average Bonchev–Trinajstić information content (AvgIpc) is 2.92. The Bertz CT molecular complexity index is 628. The summed E-state index contributed by atoms with van der Waals surface area (Å²) in [5.41, 5.74) is 0.694. The minimum atomic E-state index is -0.176. The molecule has 8 heteroatoms. The van der Waals surface area contributed by atoms with Crippen LogP contribution in [0.3, 0.4) is 0 Å². The molecule has 0 bridgehead atoms. The van der Waals surface area contributed by atoms with Gasteiger partial charge in [0.1, 0.15) is 24.5 Å². The highest BCUT2D eigenvalue weighted by molar-refractivity contribution is 14.0. The third-order valence-electron chi connectivity index (χ3n) is 3.17. The summed E-state index contributed by atoms with van der Waals surface area (Å²) in [6, 6.07) is 6.80. The smallest absolute Gasteiger partial charge is 0.191 e. The molecule has 1 aromatic heterocycles. The van der Waals surface area contributed by atoms with E-state index in [1.54, 1.807) is 16.8 Å². The molecule has 0 spiro atoms. The Kier molecular flexibility index (Phi) is 8.52. The molecule has 0 aliphatic rings. The van der Waals surface area contributed by atoms with E-state index in [9.17, 15) is 4.39 Å². The van der Waals surface area contributed by atoms with Gasteiger partial charge in [0.25, 0.3) is 0 Å². The van der Waals surface area contributed by atoms with E-state index in [0.717, 1.165) is 12.4 Å². The van der Waals surface area contributed by atoms with E-state index in [1.807, 2.05) is 20.0 Å². The van der Waals surface area contributed by atoms with Crippen molar-refractivity contribution >= 4 is 29.9 Å². The number of hydrogen-bond donors (Lipinski definition) is 2. The van der Waals surface area contributed by atoms with Gasteiger partial charge in [-0.25, -0.2) is 14.4 Å². The molecule has 126 valence electrons. The molecule has 0 unspecified atom stereocenters. The lowest BCUT2D eigenvalue weighted by Gasteiger charge is -2.11. The van der Waals surface area contributed by atoms with E-state index >= 15 is 0 Å². The van der Waals surface area contributed by atoms with E-state index in [0.29, 0.717) is 31.0 Å². The van der Waals surface area contributed by atoms with Crippen LogP contribution in [0.2, 0.25) is 0 Å². The highest BCUT2D eigenvalue weighted by Crippen LogP contribution is 2.06. The molecule has 0 saturated carbocycles. The molecule has 6 nitrogen and oxygen atoms in total. The highest BCUT2D eigenvalue weighted by atomic mass is 127. The standard InChI is InChI=1S/C15H21FN6.HI/c1-3-17-15(19-10-14-20-11-21-22(14)2)18-9-8-12-6-4-5-7-13(12)16;/h4-7,11H,3,8-10H2,1-2H3,(H2,17,18,19);1H. The van der Waals surface area contributed by atoms with Crippen LogP contribution in [0.1, 0.15) is 18.3 Å². The summed E-state index contributed by atoms with van der Waals surface area (Å²) in [4.78, 5) is 8.57. The Hall–Kier alpha value is -1.71. The normalized spacial score (nSPS) is 11.0. The van der Waals surface area contributed by atoms with E-state index in [-0.39, 0.29) is 29.8 Å². The van der Waals surface area contributed by atoms with E-state index < -0.39 is 0 Å². The zero-order valence-electron chi connectivity index (χ0n) is 13.3. The summed E-state index contributed by atoms with van der Waals surface area (Å²) < 4.78 is 15.2. The number of nitrogens with one attached hydrogen (secondary N) is 2. The second kappa shape index (κ2) is 10.1. The van der Waals surface area contributed by atoms with Crippen molar-refractivity contribution in [2.75, 3.05) is 13.1 Å². The Morgan fingerprint density at radius 2 is 2.09 bits per heavy atom. The Morgan fingerprint density at radius 3 is 2.74 bits per heavy atom. The maximum Gasteiger partial charge on any atom is 0.191 e. The van der Waals surface area contributed by atoms with Crippen molar-refractivity contribution in [1.82, 2.24) is 25.4 Å². The summed E-state index contributed by atoms with van der Waals surface area (Å²) in [6.07, 6.45) is 2.10. The SMILES string of the molecule is CCNC(=NCc1ncnn1C)NCCc1ccccc1F.I. The number of rotatable bonds is 6. The summed E-state index contributed by atoms with van der Waals surface area (Å²) in [6.45, 7) is 3.79. The molecule has 2 N–H and O–H groups in total. The number of aromatic nitrogens is 3. The molecule has 2 rings (SSSR count). The number of guanidine groups is 1. The molecule has 0 atom stereocenters. The first-order valence-electron chi connectivity index (χ1n) is 7.29. The van der Waals surface area contributed by atoms with E-state index in [1.165, 1.54) is 12.4 Å². The van der Waals surface area contributed by atoms with Crippen LogP contribution >= 0.6 is 24.0 Å². The van der Waals surface area contributed by atoms with Crippen molar-refractivity contribution in [3.8, 4) is 0 Å². The molecule has 0 radical (unpaired) electrons. The number of aliphatic imine (C=N–C) groups is 1. The lowest BCUT2D eigenvalue weighted by Crippen LogP contribution is -2.38. The van der Waals surface area contributed by atoms with Crippen LogP contribution in [0.5, 0.6) is 0 Å². The second-order valence-electron chi connectivity index (χ2n) is 4.76. The summed E-state index contributed by atoms with van der Waals surface area (Å²) in [5, 5.41) is 10.4. The largest absolute Gasteiger partial charge is 0.357 e. The maximum absolute atomic E-state index is 13.5. The van der Waals surface area contributed by atoms with Crippen molar-refractivity contribution in [2.24, 2.45) is 12.0 Å². The number of aryl methyl sites for hydroxylation is 1. The van der Waals surface area contributed by atoms with Gasteiger partial charge in [-0.3, -0.25) is 4.68 Å². The third kappa shape index (κ3) is 6.12. The van der Waals surface area contributed by atoms with Gasteiger partial charge in [0.15, 0.2) is 5.96 Å². The minimum absolute atomic E-state index is 0. The maximum atomic E-state index is 13.5. The fraction of sp³-hybridized carbons (Fsp3) is 0.400. The average molecular weight is 432 g/mol. The van der Waals surface area contributed by atoms with Crippen LogP contribution in [0.15, 0.2) is 35.6 Å². The van der Waals surface area contributed by atoms with Gasteiger partial charge < -0.3 is 10.6 Å². The van der Waals surface area contributed by atoms with Crippen molar-refractivity contribution in [2.45, 2.75) is 19.9 Å². The van der Waals surface area contributed by atoms with Crippen molar-refractivity contribution in [1.29, 1.82) is 0 Å². The molecule has 0 aliphatic carbocycles. The van der Waals surface area contributed by atoms with Gasteiger partial charge in [0.05, 0.1) is 0 Å². The molecule has 1 aromatic carbocycles. The lowest BCUT2D eigenvalue weighted by atomic mass is 10.1. The quantitative estimate of drug-likeness (QED) is 0.416. The van der Waals surface area contributed by atoms with Gasteiger partial charge in [-0.1, -0.05) is 18.2 Å². The number of benzene rings is 1. The fourth-order valence-corrected chi connectivity index (χ4v) is 1.97. The van der Waals surface area contributed by atoms with E-state index in [4.69, 9.17) is 0 Å². The first kappa shape index (κ1) is 19.3. The molecule has 0 saturated heterocycles. The van der Waals surface area contributed by atoms with Crippen molar-refractivity contribution in [3.05, 3.63) is 47.8 Å². The topological polar surface area (TPSA) is 67.1 Å². The van der Waals surface area contributed by atoms with Crippen LogP contribution in [0, 0.1) is 5.82 Å². The monoisotopic (exact) mass is 432 g/mol.